The van der Waals surface area contributed by atoms with Crippen LogP contribution in [0.4, 0.5) is 5.69 Å². The Bertz CT molecular complexity index is 376. The minimum Gasteiger partial charge on any atom is -0.326 e. The summed E-state index contributed by atoms with van der Waals surface area (Å²) in [4.78, 5) is 11.8. The maximum Gasteiger partial charge on any atom is 0.224 e. The lowest BCUT2D eigenvalue weighted by Crippen LogP contribution is -2.13. The van der Waals surface area contributed by atoms with Crippen LogP contribution in [-0.2, 0) is 11.2 Å². The fourth-order valence-corrected chi connectivity index (χ4v) is 2.18. The quantitative estimate of drug-likeness (QED) is 0.623. The van der Waals surface area contributed by atoms with Gasteiger partial charge in [0.05, 0.1) is 0 Å². The average Bonchev–Trinajstić information content (AvgIpc) is 2.32. The molecule has 0 aromatic heterocycles. The number of nitrogens with one attached hydrogen (secondary N) is 1. The molecule has 0 unspecified atom stereocenters. The number of halogens is 1. The van der Waals surface area contributed by atoms with Gasteiger partial charge in [0.2, 0.25) is 5.91 Å². The number of carbonyl (C=O) groups is 1. The van der Waals surface area contributed by atoms with Crippen LogP contribution in [0, 0.1) is 6.92 Å². The van der Waals surface area contributed by atoms with Gasteiger partial charge in [0, 0.05) is 17.4 Å². The van der Waals surface area contributed by atoms with Crippen LogP contribution in [0.25, 0.3) is 0 Å². The Kier molecular flexibility index (Phi) is 6.27. The van der Waals surface area contributed by atoms with Crippen molar-refractivity contribution in [2.24, 2.45) is 0 Å². The highest BCUT2D eigenvalue weighted by Crippen LogP contribution is 2.21. The molecule has 1 aromatic rings. The van der Waals surface area contributed by atoms with E-state index in [0.29, 0.717) is 6.42 Å². The lowest BCUT2D eigenvalue weighted by molar-refractivity contribution is -0.116. The number of benzene rings is 1. The molecule has 0 spiro atoms. The van der Waals surface area contributed by atoms with Gasteiger partial charge in [0.25, 0.3) is 0 Å². The Balaban J connectivity index is 2.64. The highest BCUT2D eigenvalue weighted by atomic mass is 79.9. The molecule has 94 valence electrons. The van der Waals surface area contributed by atoms with Crippen LogP contribution < -0.4 is 5.32 Å². The van der Waals surface area contributed by atoms with E-state index in [-0.39, 0.29) is 5.91 Å². The number of para-hydroxylation sites is 1. The molecule has 0 saturated heterocycles. The van der Waals surface area contributed by atoms with Crippen LogP contribution in [0.2, 0.25) is 0 Å². The van der Waals surface area contributed by atoms with E-state index >= 15 is 0 Å². The molecule has 0 saturated carbocycles. The van der Waals surface area contributed by atoms with Crippen molar-refractivity contribution >= 4 is 27.5 Å². The van der Waals surface area contributed by atoms with E-state index in [1.54, 1.807) is 0 Å². The van der Waals surface area contributed by atoms with Gasteiger partial charge in [-0.15, -0.1) is 0 Å². The van der Waals surface area contributed by atoms with Crippen molar-refractivity contribution in [3.05, 3.63) is 29.3 Å². The van der Waals surface area contributed by atoms with Crippen LogP contribution >= 0.6 is 15.9 Å². The molecule has 1 N–H and O–H groups in total. The second kappa shape index (κ2) is 7.49. The van der Waals surface area contributed by atoms with Crippen molar-refractivity contribution in [2.75, 3.05) is 10.6 Å². The van der Waals surface area contributed by atoms with Gasteiger partial charge in [-0.25, -0.2) is 0 Å². The summed E-state index contributed by atoms with van der Waals surface area (Å²) >= 11 is 3.37. The molecule has 1 amide bonds. The van der Waals surface area contributed by atoms with E-state index in [1.807, 2.05) is 19.1 Å². The number of rotatable bonds is 6. The van der Waals surface area contributed by atoms with Gasteiger partial charge in [-0.05, 0) is 37.3 Å². The third kappa shape index (κ3) is 4.50. The zero-order valence-electron chi connectivity index (χ0n) is 10.6. The molecule has 0 fully saturated rings. The number of unbranched alkanes of at least 4 members (excludes halogenated alkanes) is 1. The maximum absolute atomic E-state index is 11.8. The molecule has 0 bridgehead atoms. The number of hydrogen-bond acceptors (Lipinski definition) is 1. The Morgan fingerprint density at radius 1 is 1.35 bits per heavy atom. The summed E-state index contributed by atoms with van der Waals surface area (Å²) in [7, 11) is 0. The average molecular weight is 298 g/mol. The van der Waals surface area contributed by atoms with Gasteiger partial charge in [0.1, 0.15) is 0 Å². The van der Waals surface area contributed by atoms with Crippen molar-refractivity contribution in [2.45, 2.75) is 39.5 Å². The minimum absolute atomic E-state index is 0.120. The number of carbonyl (C=O) groups excluding carboxylic acids is 1. The molecule has 3 heteroatoms. The predicted molar refractivity (Wildman–Crippen MR) is 76.8 cm³/mol. The van der Waals surface area contributed by atoms with Gasteiger partial charge in [0.15, 0.2) is 0 Å². The Morgan fingerprint density at radius 3 is 2.76 bits per heavy atom. The summed E-state index contributed by atoms with van der Waals surface area (Å²) < 4.78 is 0. The molecule has 1 aromatic carbocycles. The van der Waals surface area contributed by atoms with Gasteiger partial charge in [-0.1, -0.05) is 41.1 Å². The van der Waals surface area contributed by atoms with Gasteiger partial charge >= 0.3 is 0 Å². The minimum atomic E-state index is 0.120. The van der Waals surface area contributed by atoms with E-state index < -0.39 is 0 Å². The normalized spacial score (nSPS) is 10.3. The fraction of sp³-hybridized carbons (Fsp3) is 0.500. The van der Waals surface area contributed by atoms with E-state index in [0.717, 1.165) is 35.8 Å². The monoisotopic (exact) mass is 297 g/mol. The highest BCUT2D eigenvalue weighted by molar-refractivity contribution is 9.09. The first-order valence-electron chi connectivity index (χ1n) is 6.13. The van der Waals surface area contributed by atoms with Crippen molar-refractivity contribution in [3.8, 4) is 0 Å². The van der Waals surface area contributed by atoms with Crippen LogP contribution in [-0.4, -0.2) is 11.2 Å². The van der Waals surface area contributed by atoms with Crippen molar-refractivity contribution in [3.63, 3.8) is 0 Å². The summed E-state index contributed by atoms with van der Waals surface area (Å²) in [5, 5.41) is 4.00. The Labute approximate surface area is 112 Å². The fourth-order valence-electron chi connectivity index (χ4n) is 1.78. The molecular weight excluding hydrogens is 278 g/mol. The van der Waals surface area contributed by atoms with E-state index in [1.165, 1.54) is 5.56 Å². The van der Waals surface area contributed by atoms with Crippen LogP contribution in [0.5, 0.6) is 0 Å². The third-order valence-electron chi connectivity index (χ3n) is 2.79. The zero-order chi connectivity index (χ0) is 12.7. The number of amides is 1. The van der Waals surface area contributed by atoms with Gasteiger partial charge < -0.3 is 5.32 Å². The number of aryl methyl sites for hydroxylation is 2. The van der Waals surface area contributed by atoms with Crippen LogP contribution in [0.15, 0.2) is 18.2 Å². The standard InChI is InChI=1S/C14H20BrNO/c1-3-12-8-6-7-11(2)14(12)16-13(17)9-4-5-10-15/h6-8H,3-5,9-10H2,1-2H3,(H,16,17). The molecule has 0 aliphatic rings. The summed E-state index contributed by atoms with van der Waals surface area (Å²) in [6.07, 6.45) is 3.52. The zero-order valence-corrected chi connectivity index (χ0v) is 12.1. The SMILES string of the molecule is CCc1cccc(C)c1NC(=O)CCCCBr. The maximum atomic E-state index is 11.8. The first kappa shape index (κ1) is 14.2. The third-order valence-corrected chi connectivity index (χ3v) is 3.35. The van der Waals surface area contributed by atoms with Gasteiger partial charge in [-0.3, -0.25) is 4.79 Å². The van der Waals surface area contributed by atoms with E-state index in [9.17, 15) is 4.79 Å². The molecular formula is C14H20BrNO. The number of hydrogen-bond donors (Lipinski definition) is 1. The molecule has 0 radical (unpaired) electrons. The van der Waals surface area contributed by atoms with Crippen LogP contribution in [0.1, 0.15) is 37.3 Å². The van der Waals surface area contributed by atoms with Crippen molar-refractivity contribution in [1.82, 2.24) is 0 Å². The largest absolute Gasteiger partial charge is 0.326 e. The topological polar surface area (TPSA) is 29.1 Å². The molecule has 0 heterocycles. The first-order chi connectivity index (χ1) is 8.19. The second-order valence-corrected chi connectivity index (χ2v) is 4.95. The summed E-state index contributed by atoms with van der Waals surface area (Å²) in [5.74, 6) is 0.120. The van der Waals surface area contributed by atoms with Crippen LogP contribution in [0.3, 0.4) is 0 Å². The van der Waals surface area contributed by atoms with Gasteiger partial charge in [-0.2, -0.15) is 0 Å². The smallest absolute Gasteiger partial charge is 0.224 e. The van der Waals surface area contributed by atoms with Crippen molar-refractivity contribution < 1.29 is 4.79 Å². The van der Waals surface area contributed by atoms with E-state index in [2.05, 4.69) is 34.2 Å². The summed E-state index contributed by atoms with van der Waals surface area (Å²) in [6, 6.07) is 6.14. The molecule has 17 heavy (non-hydrogen) atoms. The molecule has 0 atom stereocenters. The predicted octanol–water partition coefficient (Wildman–Crippen LogP) is 4.06. The highest BCUT2D eigenvalue weighted by Gasteiger charge is 2.07. The summed E-state index contributed by atoms with van der Waals surface area (Å²) in [5.41, 5.74) is 3.34. The van der Waals surface area contributed by atoms with Crippen molar-refractivity contribution in [1.29, 1.82) is 0 Å². The molecule has 1 rings (SSSR count). The number of anilines is 1. The molecule has 0 aliphatic heterocycles. The lowest BCUT2D eigenvalue weighted by Gasteiger charge is -2.12. The van der Waals surface area contributed by atoms with E-state index in [4.69, 9.17) is 0 Å². The second-order valence-electron chi connectivity index (χ2n) is 4.16. The lowest BCUT2D eigenvalue weighted by atomic mass is 10.1. The molecule has 2 nitrogen and oxygen atoms in total. The molecule has 0 aliphatic carbocycles. The Hall–Kier alpha value is -0.830. The number of alkyl halides is 1. The summed E-state index contributed by atoms with van der Waals surface area (Å²) in [6.45, 7) is 4.14. The Morgan fingerprint density at radius 2 is 2.12 bits per heavy atom. The first-order valence-corrected chi connectivity index (χ1v) is 7.25.